The third-order valence-electron chi connectivity index (χ3n) is 4.68. The summed E-state index contributed by atoms with van der Waals surface area (Å²) in [5, 5.41) is 6.48. The molecule has 1 unspecified atom stereocenters. The van der Waals surface area contributed by atoms with Crippen molar-refractivity contribution in [3.63, 3.8) is 0 Å². The normalized spacial score (nSPS) is 25.6. The van der Waals surface area contributed by atoms with Gasteiger partial charge in [-0.3, -0.25) is 9.69 Å². The van der Waals surface area contributed by atoms with Crippen LogP contribution in [0.1, 0.15) is 18.4 Å². The number of nitrogens with one attached hydrogen (secondary N) is 2. The molecule has 2 saturated heterocycles. The molecule has 2 aliphatic heterocycles. The van der Waals surface area contributed by atoms with Gasteiger partial charge in [-0.2, -0.15) is 0 Å². The molecule has 0 bridgehead atoms. The van der Waals surface area contributed by atoms with E-state index in [0.717, 1.165) is 41.9 Å². The van der Waals surface area contributed by atoms with Crippen molar-refractivity contribution in [1.82, 2.24) is 10.2 Å². The number of carbonyl (C=O) groups is 1. The van der Waals surface area contributed by atoms with Gasteiger partial charge in [0.1, 0.15) is 0 Å². The molecule has 2 heterocycles. The first-order chi connectivity index (χ1) is 10.1. The molecule has 1 spiro atoms. The van der Waals surface area contributed by atoms with E-state index in [1.54, 1.807) is 0 Å². The van der Waals surface area contributed by atoms with Crippen LogP contribution in [0.2, 0.25) is 0 Å². The SMILES string of the molecule is Cc1cc(Br)ccc1NC(=O)CN1CCC2(CCNC2)C1. The van der Waals surface area contributed by atoms with E-state index in [-0.39, 0.29) is 5.91 Å². The van der Waals surface area contributed by atoms with Gasteiger partial charge in [0.25, 0.3) is 0 Å². The number of hydrogen-bond acceptors (Lipinski definition) is 3. The zero-order valence-corrected chi connectivity index (χ0v) is 14.0. The molecule has 3 rings (SSSR count). The van der Waals surface area contributed by atoms with Gasteiger partial charge in [0.05, 0.1) is 6.54 Å². The van der Waals surface area contributed by atoms with Crippen LogP contribution in [-0.4, -0.2) is 43.5 Å². The van der Waals surface area contributed by atoms with E-state index in [0.29, 0.717) is 12.0 Å². The van der Waals surface area contributed by atoms with Crippen molar-refractivity contribution in [3.05, 3.63) is 28.2 Å². The Morgan fingerprint density at radius 2 is 2.33 bits per heavy atom. The molecule has 4 nitrogen and oxygen atoms in total. The molecule has 1 amide bonds. The first-order valence-electron chi connectivity index (χ1n) is 7.55. The molecule has 0 saturated carbocycles. The number of halogens is 1. The Labute approximate surface area is 134 Å². The Morgan fingerprint density at radius 3 is 3.05 bits per heavy atom. The summed E-state index contributed by atoms with van der Waals surface area (Å²) in [6.07, 6.45) is 2.46. The lowest BCUT2D eigenvalue weighted by Crippen LogP contribution is -2.34. The fourth-order valence-corrected chi connectivity index (χ4v) is 3.94. The zero-order valence-electron chi connectivity index (χ0n) is 12.4. The van der Waals surface area contributed by atoms with Gasteiger partial charge >= 0.3 is 0 Å². The Bertz CT molecular complexity index is 540. The first-order valence-corrected chi connectivity index (χ1v) is 8.35. The minimum absolute atomic E-state index is 0.0865. The van der Waals surface area contributed by atoms with Crippen LogP contribution >= 0.6 is 15.9 Å². The van der Waals surface area contributed by atoms with Crippen LogP contribution in [0.4, 0.5) is 5.69 Å². The Balaban J connectivity index is 1.55. The first kappa shape index (κ1) is 15.0. The fraction of sp³-hybridized carbons (Fsp3) is 0.562. The maximum absolute atomic E-state index is 12.2. The van der Waals surface area contributed by atoms with Crippen LogP contribution in [-0.2, 0) is 4.79 Å². The van der Waals surface area contributed by atoms with Crippen molar-refractivity contribution in [3.8, 4) is 0 Å². The van der Waals surface area contributed by atoms with Gasteiger partial charge in [0, 0.05) is 23.2 Å². The highest BCUT2D eigenvalue weighted by Crippen LogP contribution is 2.35. The quantitative estimate of drug-likeness (QED) is 0.878. The molecule has 1 atom stereocenters. The lowest BCUT2D eigenvalue weighted by Gasteiger charge is -2.22. The average Bonchev–Trinajstić information content (AvgIpc) is 3.04. The highest BCUT2D eigenvalue weighted by atomic mass is 79.9. The van der Waals surface area contributed by atoms with E-state index in [1.165, 1.54) is 12.8 Å². The number of benzene rings is 1. The third kappa shape index (κ3) is 3.47. The molecule has 2 N–H and O–H groups in total. The molecule has 1 aromatic carbocycles. The number of amides is 1. The van der Waals surface area contributed by atoms with Crippen molar-refractivity contribution in [2.45, 2.75) is 19.8 Å². The standard InChI is InChI=1S/C16H22BrN3O/c1-12-8-13(17)2-3-14(12)19-15(21)9-20-7-5-16(11-20)4-6-18-10-16/h2-3,8,18H,4-7,9-11H2,1H3,(H,19,21). The second-order valence-corrected chi connectivity index (χ2v) is 7.31. The van der Waals surface area contributed by atoms with E-state index in [4.69, 9.17) is 0 Å². The third-order valence-corrected chi connectivity index (χ3v) is 5.17. The molecule has 21 heavy (non-hydrogen) atoms. The maximum atomic E-state index is 12.2. The van der Waals surface area contributed by atoms with Crippen molar-refractivity contribution in [1.29, 1.82) is 0 Å². The maximum Gasteiger partial charge on any atom is 0.238 e. The Morgan fingerprint density at radius 1 is 1.48 bits per heavy atom. The molecule has 0 radical (unpaired) electrons. The lowest BCUT2D eigenvalue weighted by molar-refractivity contribution is -0.117. The average molecular weight is 352 g/mol. The summed E-state index contributed by atoms with van der Waals surface area (Å²) in [5.74, 6) is 0.0865. The summed E-state index contributed by atoms with van der Waals surface area (Å²) in [6, 6.07) is 5.92. The summed E-state index contributed by atoms with van der Waals surface area (Å²) in [7, 11) is 0. The number of anilines is 1. The van der Waals surface area contributed by atoms with Crippen LogP contribution in [0.5, 0.6) is 0 Å². The fourth-order valence-electron chi connectivity index (χ4n) is 3.47. The van der Waals surface area contributed by atoms with E-state index >= 15 is 0 Å². The van der Waals surface area contributed by atoms with Crippen LogP contribution < -0.4 is 10.6 Å². The Kier molecular flexibility index (Phi) is 4.33. The van der Waals surface area contributed by atoms with Crippen LogP contribution in [0.25, 0.3) is 0 Å². The van der Waals surface area contributed by atoms with E-state index < -0.39 is 0 Å². The molecule has 114 valence electrons. The summed E-state index contributed by atoms with van der Waals surface area (Å²) in [6.45, 7) is 6.82. The second-order valence-electron chi connectivity index (χ2n) is 6.39. The Hall–Kier alpha value is -0.910. The molecule has 5 heteroatoms. The monoisotopic (exact) mass is 351 g/mol. The number of aryl methyl sites for hydroxylation is 1. The highest BCUT2D eigenvalue weighted by Gasteiger charge is 2.40. The van der Waals surface area contributed by atoms with Gasteiger partial charge in [0.15, 0.2) is 0 Å². The molecular weight excluding hydrogens is 330 g/mol. The molecule has 2 fully saturated rings. The molecular formula is C16H22BrN3O. The van der Waals surface area contributed by atoms with Gasteiger partial charge in [-0.25, -0.2) is 0 Å². The molecule has 0 aromatic heterocycles. The largest absolute Gasteiger partial charge is 0.325 e. The number of likely N-dealkylation sites (tertiary alicyclic amines) is 1. The smallest absolute Gasteiger partial charge is 0.238 e. The molecule has 1 aromatic rings. The van der Waals surface area contributed by atoms with Crippen molar-refractivity contribution < 1.29 is 4.79 Å². The van der Waals surface area contributed by atoms with Crippen LogP contribution in [0.3, 0.4) is 0 Å². The van der Waals surface area contributed by atoms with Gasteiger partial charge in [-0.1, -0.05) is 15.9 Å². The zero-order chi connectivity index (χ0) is 14.9. The van der Waals surface area contributed by atoms with E-state index in [2.05, 4.69) is 31.5 Å². The molecule has 0 aliphatic carbocycles. The van der Waals surface area contributed by atoms with Gasteiger partial charge in [-0.05, 0) is 62.0 Å². The van der Waals surface area contributed by atoms with Crippen LogP contribution in [0, 0.1) is 12.3 Å². The molecule has 2 aliphatic rings. The number of rotatable bonds is 3. The summed E-state index contributed by atoms with van der Waals surface area (Å²) >= 11 is 3.44. The second kappa shape index (κ2) is 6.07. The topological polar surface area (TPSA) is 44.4 Å². The van der Waals surface area contributed by atoms with Crippen LogP contribution in [0.15, 0.2) is 22.7 Å². The minimum Gasteiger partial charge on any atom is -0.325 e. The highest BCUT2D eigenvalue weighted by molar-refractivity contribution is 9.10. The predicted molar refractivity (Wildman–Crippen MR) is 88.5 cm³/mol. The van der Waals surface area contributed by atoms with Crippen molar-refractivity contribution in [2.75, 3.05) is 38.0 Å². The lowest BCUT2D eigenvalue weighted by atomic mass is 9.87. The number of nitrogens with zero attached hydrogens (tertiary/aromatic N) is 1. The van der Waals surface area contributed by atoms with Crippen molar-refractivity contribution in [2.24, 2.45) is 5.41 Å². The van der Waals surface area contributed by atoms with Gasteiger partial charge in [0.2, 0.25) is 5.91 Å². The summed E-state index contributed by atoms with van der Waals surface area (Å²) in [4.78, 5) is 14.5. The summed E-state index contributed by atoms with van der Waals surface area (Å²) < 4.78 is 1.04. The van der Waals surface area contributed by atoms with Gasteiger partial charge < -0.3 is 10.6 Å². The van der Waals surface area contributed by atoms with Gasteiger partial charge in [-0.15, -0.1) is 0 Å². The summed E-state index contributed by atoms with van der Waals surface area (Å²) in [5.41, 5.74) is 2.41. The van der Waals surface area contributed by atoms with Crippen molar-refractivity contribution >= 4 is 27.5 Å². The number of hydrogen-bond donors (Lipinski definition) is 2. The predicted octanol–water partition coefficient (Wildman–Crippen LogP) is 2.38. The minimum atomic E-state index is 0.0865. The van der Waals surface area contributed by atoms with E-state index in [9.17, 15) is 4.79 Å². The van der Waals surface area contributed by atoms with E-state index in [1.807, 2.05) is 25.1 Å². The number of carbonyl (C=O) groups excluding carboxylic acids is 1.